The van der Waals surface area contributed by atoms with Crippen molar-refractivity contribution in [2.45, 2.75) is 33.1 Å². The predicted molar refractivity (Wildman–Crippen MR) is 77.4 cm³/mol. The lowest BCUT2D eigenvalue weighted by atomic mass is 9.91. The second-order valence-electron chi connectivity index (χ2n) is 5.12. The summed E-state index contributed by atoms with van der Waals surface area (Å²) < 4.78 is 5.07. The van der Waals surface area contributed by atoms with Crippen LogP contribution in [0.15, 0.2) is 41.5 Å². The fourth-order valence-electron chi connectivity index (χ4n) is 2.27. The van der Waals surface area contributed by atoms with Crippen LogP contribution >= 0.6 is 0 Å². The van der Waals surface area contributed by atoms with E-state index in [1.54, 1.807) is 19.1 Å². The molecule has 1 aromatic carbocycles. The van der Waals surface area contributed by atoms with Crippen molar-refractivity contribution in [1.29, 1.82) is 0 Å². The maximum atomic E-state index is 12.5. The van der Waals surface area contributed by atoms with Crippen LogP contribution in [-0.4, -0.2) is 18.4 Å². The lowest BCUT2D eigenvalue weighted by Gasteiger charge is -2.15. The van der Waals surface area contributed by atoms with Crippen molar-refractivity contribution < 1.29 is 14.3 Å². The number of benzene rings is 1. The van der Waals surface area contributed by atoms with Gasteiger partial charge in [0.05, 0.1) is 6.61 Å². The van der Waals surface area contributed by atoms with E-state index in [9.17, 15) is 9.59 Å². The van der Waals surface area contributed by atoms with Crippen LogP contribution in [0, 0.1) is 5.92 Å². The summed E-state index contributed by atoms with van der Waals surface area (Å²) in [7, 11) is 0. The van der Waals surface area contributed by atoms with Crippen LogP contribution in [0.2, 0.25) is 0 Å². The molecule has 0 heterocycles. The Hall–Kier alpha value is -1.90. The van der Waals surface area contributed by atoms with Crippen molar-refractivity contribution in [3.63, 3.8) is 0 Å². The molecule has 1 aromatic rings. The van der Waals surface area contributed by atoms with Crippen LogP contribution in [0.5, 0.6) is 0 Å². The SMILES string of the molecule is CCOC(=O)C(CC(C)=C1CC1)C(=O)c1ccccc1. The molecule has 0 N–H and O–H groups in total. The quantitative estimate of drug-likeness (QED) is 0.344. The molecule has 0 saturated heterocycles. The first-order chi connectivity index (χ1) is 9.63. The van der Waals surface area contributed by atoms with Gasteiger partial charge in [-0.1, -0.05) is 41.5 Å². The van der Waals surface area contributed by atoms with Gasteiger partial charge in [0.1, 0.15) is 5.92 Å². The zero-order valence-electron chi connectivity index (χ0n) is 12.0. The van der Waals surface area contributed by atoms with Crippen molar-refractivity contribution in [3.8, 4) is 0 Å². The highest BCUT2D eigenvalue weighted by molar-refractivity contribution is 6.08. The fraction of sp³-hybridized carbons (Fsp3) is 0.412. The van der Waals surface area contributed by atoms with E-state index in [0.717, 1.165) is 18.4 Å². The van der Waals surface area contributed by atoms with E-state index in [1.807, 2.05) is 25.1 Å². The molecule has 1 atom stereocenters. The first kappa shape index (κ1) is 14.5. The molecule has 20 heavy (non-hydrogen) atoms. The van der Waals surface area contributed by atoms with Gasteiger partial charge in [-0.3, -0.25) is 9.59 Å². The number of hydrogen-bond donors (Lipinski definition) is 0. The highest BCUT2D eigenvalue weighted by atomic mass is 16.5. The van der Waals surface area contributed by atoms with Crippen LogP contribution in [0.3, 0.4) is 0 Å². The summed E-state index contributed by atoms with van der Waals surface area (Å²) in [4.78, 5) is 24.6. The molecule has 1 aliphatic rings. The highest BCUT2D eigenvalue weighted by Crippen LogP contribution is 2.34. The molecule has 0 spiro atoms. The molecule has 106 valence electrons. The van der Waals surface area contributed by atoms with Gasteiger partial charge in [0.15, 0.2) is 5.78 Å². The summed E-state index contributed by atoms with van der Waals surface area (Å²) in [5, 5.41) is 0. The minimum Gasteiger partial charge on any atom is -0.465 e. The summed E-state index contributed by atoms with van der Waals surface area (Å²) in [6, 6.07) is 8.96. The van der Waals surface area contributed by atoms with Gasteiger partial charge in [-0.05, 0) is 33.1 Å². The Kier molecular flexibility index (Phi) is 4.72. The number of ether oxygens (including phenoxy) is 1. The van der Waals surface area contributed by atoms with Crippen LogP contribution in [0.25, 0.3) is 0 Å². The molecule has 1 aliphatic carbocycles. The van der Waals surface area contributed by atoms with E-state index in [1.165, 1.54) is 5.57 Å². The number of Topliss-reactive ketones (excluding diaryl/α,β-unsaturated/α-hetero) is 1. The summed E-state index contributed by atoms with van der Waals surface area (Å²) in [5.74, 6) is -1.28. The average molecular weight is 272 g/mol. The molecule has 2 rings (SSSR count). The van der Waals surface area contributed by atoms with E-state index in [4.69, 9.17) is 4.74 Å². The van der Waals surface area contributed by atoms with Crippen molar-refractivity contribution in [1.82, 2.24) is 0 Å². The van der Waals surface area contributed by atoms with Crippen molar-refractivity contribution >= 4 is 11.8 Å². The van der Waals surface area contributed by atoms with Crippen LogP contribution < -0.4 is 0 Å². The van der Waals surface area contributed by atoms with E-state index in [2.05, 4.69) is 0 Å². The molecule has 1 fully saturated rings. The first-order valence-corrected chi connectivity index (χ1v) is 7.07. The normalized spacial score (nSPS) is 14.6. The Morgan fingerprint density at radius 3 is 2.40 bits per heavy atom. The number of hydrogen-bond acceptors (Lipinski definition) is 3. The Morgan fingerprint density at radius 2 is 1.85 bits per heavy atom. The zero-order valence-corrected chi connectivity index (χ0v) is 12.0. The Morgan fingerprint density at radius 1 is 1.20 bits per heavy atom. The van der Waals surface area contributed by atoms with E-state index < -0.39 is 11.9 Å². The van der Waals surface area contributed by atoms with Gasteiger partial charge in [0.2, 0.25) is 0 Å². The highest BCUT2D eigenvalue weighted by Gasteiger charge is 2.30. The lowest BCUT2D eigenvalue weighted by Crippen LogP contribution is -2.26. The molecule has 0 aromatic heterocycles. The molecular weight excluding hydrogens is 252 g/mol. The minimum absolute atomic E-state index is 0.148. The van der Waals surface area contributed by atoms with Gasteiger partial charge in [0.25, 0.3) is 0 Å². The summed E-state index contributed by atoms with van der Waals surface area (Å²) >= 11 is 0. The molecule has 1 saturated carbocycles. The van der Waals surface area contributed by atoms with Gasteiger partial charge >= 0.3 is 5.97 Å². The standard InChI is InChI=1S/C17H20O3/c1-3-20-17(19)15(11-12(2)13-9-10-13)16(18)14-7-5-4-6-8-14/h4-8,15H,3,9-11H2,1-2H3. The summed E-state index contributed by atoms with van der Waals surface area (Å²) in [6.07, 6.45) is 2.67. The number of esters is 1. The molecule has 1 unspecified atom stereocenters. The maximum Gasteiger partial charge on any atom is 0.317 e. The summed E-state index contributed by atoms with van der Waals surface area (Å²) in [5.41, 5.74) is 3.10. The van der Waals surface area contributed by atoms with E-state index >= 15 is 0 Å². The second-order valence-corrected chi connectivity index (χ2v) is 5.12. The molecule has 0 radical (unpaired) electrons. The number of allylic oxidation sites excluding steroid dienone is 2. The lowest BCUT2D eigenvalue weighted by molar-refractivity contribution is -0.146. The zero-order chi connectivity index (χ0) is 14.5. The third kappa shape index (κ3) is 3.56. The Labute approximate surface area is 119 Å². The van der Waals surface area contributed by atoms with Crippen molar-refractivity contribution in [3.05, 3.63) is 47.0 Å². The maximum absolute atomic E-state index is 12.5. The Balaban J connectivity index is 2.19. The average Bonchev–Trinajstić information content (AvgIpc) is 3.29. The summed E-state index contributed by atoms with van der Waals surface area (Å²) in [6.45, 7) is 4.06. The molecule has 3 nitrogen and oxygen atoms in total. The van der Waals surface area contributed by atoms with Gasteiger partial charge < -0.3 is 4.74 Å². The monoisotopic (exact) mass is 272 g/mol. The van der Waals surface area contributed by atoms with Crippen LogP contribution in [0.1, 0.15) is 43.5 Å². The van der Waals surface area contributed by atoms with Crippen LogP contribution in [0.4, 0.5) is 0 Å². The smallest absolute Gasteiger partial charge is 0.317 e. The molecule has 0 amide bonds. The molecule has 3 heteroatoms. The first-order valence-electron chi connectivity index (χ1n) is 7.07. The van der Waals surface area contributed by atoms with Crippen LogP contribution in [-0.2, 0) is 9.53 Å². The van der Waals surface area contributed by atoms with Gasteiger partial charge in [-0.15, -0.1) is 0 Å². The van der Waals surface area contributed by atoms with E-state index in [-0.39, 0.29) is 5.78 Å². The van der Waals surface area contributed by atoms with Crippen molar-refractivity contribution in [2.75, 3.05) is 6.61 Å². The number of rotatable bonds is 6. The number of carbonyl (C=O) groups is 2. The second kappa shape index (κ2) is 6.51. The van der Waals surface area contributed by atoms with E-state index in [0.29, 0.717) is 18.6 Å². The fourth-order valence-corrected chi connectivity index (χ4v) is 2.27. The number of carbonyl (C=O) groups excluding carboxylic acids is 2. The Bertz CT molecular complexity index is 522. The van der Waals surface area contributed by atoms with Gasteiger partial charge in [-0.25, -0.2) is 0 Å². The van der Waals surface area contributed by atoms with Gasteiger partial charge in [-0.2, -0.15) is 0 Å². The molecular formula is C17H20O3. The molecule has 0 bridgehead atoms. The third-order valence-electron chi connectivity index (χ3n) is 3.56. The third-order valence-corrected chi connectivity index (χ3v) is 3.56. The number of ketones is 1. The minimum atomic E-state index is -0.717. The van der Waals surface area contributed by atoms with Crippen molar-refractivity contribution in [2.24, 2.45) is 5.92 Å². The predicted octanol–water partition coefficient (Wildman–Crippen LogP) is 3.55. The largest absolute Gasteiger partial charge is 0.465 e. The van der Waals surface area contributed by atoms with Gasteiger partial charge in [0, 0.05) is 5.56 Å². The molecule has 0 aliphatic heterocycles. The topological polar surface area (TPSA) is 43.4 Å².